The van der Waals surface area contributed by atoms with Crippen LogP contribution in [0.5, 0.6) is 0 Å². The molecule has 0 aromatic heterocycles. The van der Waals surface area contributed by atoms with Crippen LogP contribution in [-0.4, -0.2) is 33.7 Å². The monoisotopic (exact) mass is 341 g/mol. The molecule has 7 heteroatoms. The van der Waals surface area contributed by atoms with Gasteiger partial charge in [0.25, 0.3) is 0 Å². The van der Waals surface area contributed by atoms with Gasteiger partial charge in [-0.2, -0.15) is 0 Å². The van der Waals surface area contributed by atoms with Crippen molar-refractivity contribution in [2.45, 2.75) is 13.0 Å². The number of carboxylic acids is 2. The topological polar surface area (TPSA) is 121 Å². The van der Waals surface area contributed by atoms with Crippen molar-refractivity contribution in [2.24, 2.45) is 0 Å². The molecule has 2 aromatic rings. The zero-order valence-electron chi connectivity index (χ0n) is 13.1. The molecule has 25 heavy (non-hydrogen) atoms. The normalized spacial score (nSPS) is 10.1. The van der Waals surface area contributed by atoms with Crippen molar-refractivity contribution in [3.8, 4) is 0 Å². The smallest absolute Gasteiger partial charge is 0.372 e. The Bertz CT molecular complexity index is 843. The van der Waals surface area contributed by atoms with Gasteiger partial charge in [-0.15, -0.1) is 0 Å². The van der Waals surface area contributed by atoms with E-state index in [-0.39, 0.29) is 11.1 Å². The number of aromatic carboxylic acids is 1. The number of carbonyl (C=O) groups is 4. The van der Waals surface area contributed by atoms with Crippen LogP contribution in [0, 0.1) is 0 Å². The van der Waals surface area contributed by atoms with E-state index in [1.807, 2.05) is 0 Å². The lowest BCUT2D eigenvalue weighted by atomic mass is 10.1. The van der Waals surface area contributed by atoms with Crippen LogP contribution in [0.1, 0.15) is 32.7 Å². The highest BCUT2D eigenvalue weighted by atomic mass is 16.4. The van der Waals surface area contributed by atoms with Crippen LogP contribution in [0.2, 0.25) is 0 Å². The number of hydrogen-bond donors (Lipinski definition) is 3. The van der Waals surface area contributed by atoms with Crippen LogP contribution in [0.3, 0.4) is 0 Å². The molecule has 0 fully saturated rings. The molecule has 0 spiro atoms. The number of ketones is 2. The van der Waals surface area contributed by atoms with E-state index in [0.717, 1.165) is 5.56 Å². The second-order valence-electron chi connectivity index (χ2n) is 5.27. The van der Waals surface area contributed by atoms with Crippen LogP contribution in [0.15, 0.2) is 48.5 Å². The fourth-order valence-corrected chi connectivity index (χ4v) is 2.14. The number of carboxylic acid groups (broad SMARTS) is 2. The molecule has 7 nitrogen and oxygen atoms in total. The van der Waals surface area contributed by atoms with E-state index in [4.69, 9.17) is 10.2 Å². The second kappa shape index (κ2) is 7.87. The van der Waals surface area contributed by atoms with Crippen molar-refractivity contribution in [3.63, 3.8) is 0 Å². The Balaban J connectivity index is 2.05. The number of carbonyl (C=O) groups excluding carboxylic acids is 2. The molecule has 0 atom stereocenters. The minimum absolute atomic E-state index is 0.176. The van der Waals surface area contributed by atoms with Gasteiger partial charge in [-0.3, -0.25) is 9.59 Å². The standard InChI is InChI=1S/C18H15NO6/c20-15(9-16(21)18(24)25)12-4-2-6-14(8-12)19-10-11-3-1-5-13(7-11)17(22)23/h1-8,19H,9-10H2,(H,22,23)(H,24,25). The van der Waals surface area contributed by atoms with Gasteiger partial charge in [-0.25, -0.2) is 9.59 Å². The van der Waals surface area contributed by atoms with Crippen molar-refractivity contribution in [1.82, 2.24) is 0 Å². The summed E-state index contributed by atoms with van der Waals surface area (Å²) in [5.74, 6) is -4.39. The van der Waals surface area contributed by atoms with Gasteiger partial charge in [0.2, 0.25) is 5.78 Å². The van der Waals surface area contributed by atoms with Gasteiger partial charge >= 0.3 is 11.9 Å². The molecular formula is C18H15NO6. The summed E-state index contributed by atoms with van der Waals surface area (Å²) >= 11 is 0. The first-order chi connectivity index (χ1) is 11.9. The maximum atomic E-state index is 11.9. The minimum Gasteiger partial charge on any atom is -0.478 e. The fourth-order valence-electron chi connectivity index (χ4n) is 2.14. The number of rotatable bonds is 8. The highest BCUT2D eigenvalue weighted by Gasteiger charge is 2.17. The maximum Gasteiger partial charge on any atom is 0.372 e. The molecule has 2 rings (SSSR count). The summed E-state index contributed by atoms with van der Waals surface area (Å²) in [4.78, 5) is 44.5. The Morgan fingerprint density at radius 2 is 1.56 bits per heavy atom. The third-order valence-corrected chi connectivity index (χ3v) is 3.41. The minimum atomic E-state index is -1.64. The van der Waals surface area contributed by atoms with E-state index >= 15 is 0 Å². The van der Waals surface area contributed by atoms with E-state index in [1.165, 1.54) is 24.3 Å². The predicted octanol–water partition coefficient (Wildman–Crippen LogP) is 2.22. The zero-order valence-corrected chi connectivity index (χ0v) is 13.1. The summed E-state index contributed by atoms with van der Waals surface area (Å²) in [6.07, 6.45) is -0.695. The SMILES string of the molecule is O=C(O)C(=O)CC(=O)c1cccc(NCc2cccc(C(=O)O)c2)c1. The molecule has 0 bridgehead atoms. The first-order valence-corrected chi connectivity index (χ1v) is 7.32. The Morgan fingerprint density at radius 3 is 2.24 bits per heavy atom. The molecule has 0 saturated carbocycles. The molecule has 0 aliphatic heterocycles. The van der Waals surface area contributed by atoms with E-state index in [1.54, 1.807) is 24.3 Å². The summed E-state index contributed by atoms with van der Waals surface area (Å²) in [5.41, 5.74) is 1.74. The highest BCUT2D eigenvalue weighted by Crippen LogP contribution is 2.15. The van der Waals surface area contributed by atoms with Gasteiger partial charge < -0.3 is 15.5 Å². The lowest BCUT2D eigenvalue weighted by Gasteiger charge is -2.08. The first kappa shape index (κ1) is 17.9. The van der Waals surface area contributed by atoms with Gasteiger partial charge in [0.15, 0.2) is 5.78 Å². The summed E-state index contributed by atoms with van der Waals surface area (Å²) in [5, 5.41) is 20.6. The second-order valence-corrected chi connectivity index (χ2v) is 5.27. The number of hydrogen-bond acceptors (Lipinski definition) is 5. The third-order valence-electron chi connectivity index (χ3n) is 3.41. The zero-order chi connectivity index (χ0) is 18.4. The number of nitrogens with one attached hydrogen (secondary N) is 1. The lowest BCUT2D eigenvalue weighted by molar-refractivity contribution is -0.148. The van der Waals surface area contributed by atoms with Crippen LogP contribution >= 0.6 is 0 Å². The number of anilines is 1. The molecule has 0 aliphatic rings. The van der Waals surface area contributed by atoms with Gasteiger partial charge in [0.05, 0.1) is 12.0 Å². The van der Waals surface area contributed by atoms with E-state index in [9.17, 15) is 19.2 Å². The van der Waals surface area contributed by atoms with Crippen molar-refractivity contribution >= 4 is 29.2 Å². The summed E-state index contributed by atoms with van der Waals surface area (Å²) < 4.78 is 0. The van der Waals surface area contributed by atoms with Crippen LogP contribution < -0.4 is 5.32 Å². The van der Waals surface area contributed by atoms with Crippen molar-refractivity contribution in [3.05, 3.63) is 65.2 Å². The first-order valence-electron chi connectivity index (χ1n) is 7.32. The molecule has 0 aliphatic carbocycles. The molecule has 0 radical (unpaired) electrons. The van der Waals surface area contributed by atoms with Crippen molar-refractivity contribution in [2.75, 3.05) is 5.32 Å². The number of aliphatic carboxylic acids is 1. The Hall–Kier alpha value is -3.48. The molecule has 0 heterocycles. The van der Waals surface area contributed by atoms with Crippen LogP contribution in [0.4, 0.5) is 5.69 Å². The fraction of sp³-hybridized carbons (Fsp3) is 0.111. The largest absolute Gasteiger partial charge is 0.478 e. The van der Waals surface area contributed by atoms with Crippen LogP contribution in [0.25, 0.3) is 0 Å². The van der Waals surface area contributed by atoms with Crippen molar-refractivity contribution in [1.29, 1.82) is 0 Å². The molecule has 128 valence electrons. The average Bonchev–Trinajstić information content (AvgIpc) is 2.60. The molecular weight excluding hydrogens is 326 g/mol. The molecule has 3 N–H and O–H groups in total. The molecule has 0 saturated heterocycles. The molecule has 0 amide bonds. The average molecular weight is 341 g/mol. The quantitative estimate of drug-likeness (QED) is 0.382. The molecule has 2 aromatic carbocycles. The maximum absolute atomic E-state index is 11.9. The summed E-state index contributed by atoms with van der Waals surface area (Å²) in [7, 11) is 0. The van der Waals surface area contributed by atoms with Gasteiger partial charge in [0.1, 0.15) is 0 Å². The van der Waals surface area contributed by atoms with Gasteiger partial charge in [-0.05, 0) is 29.8 Å². The van der Waals surface area contributed by atoms with E-state index in [0.29, 0.717) is 12.2 Å². The number of benzene rings is 2. The van der Waals surface area contributed by atoms with Gasteiger partial charge in [0, 0.05) is 17.8 Å². The van der Waals surface area contributed by atoms with Crippen molar-refractivity contribution < 1.29 is 29.4 Å². The Kier molecular flexibility index (Phi) is 5.62. The predicted molar refractivity (Wildman–Crippen MR) is 88.8 cm³/mol. The lowest BCUT2D eigenvalue weighted by Crippen LogP contribution is -2.17. The van der Waals surface area contributed by atoms with Crippen LogP contribution in [-0.2, 0) is 16.1 Å². The van der Waals surface area contributed by atoms with E-state index in [2.05, 4.69) is 5.32 Å². The number of Topliss-reactive ketones (excluding diaryl/α,β-unsaturated/α-hetero) is 2. The third kappa shape index (κ3) is 5.00. The van der Waals surface area contributed by atoms with Gasteiger partial charge in [-0.1, -0.05) is 24.3 Å². The Morgan fingerprint density at radius 1 is 0.880 bits per heavy atom. The highest BCUT2D eigenvalue weighted by molar-refractivity contribution is 6.37. The summed E-state index contributed by atoms with van der Waals surface area (Å²) in [6.45, 7) is 0.340. The van der Waals surface area contributed by atoms with E-state index < -0.39 is 29.9 Å². The Labute approximate surface area is 142 Å². The summed E-state index contributed by atoms with van der Waals surface area (Å²) in [6, 6.07) is 12.7. The molecule has 0 unspecified atom stereocenters.